The smallest absolute Gasteiger partial charge is 0.355 e. The highest BCUT2D eigenvalue weighted by Gasteiger charge is 2.16. The topological polar surface area (TPSA) is 54.1 Å². The summed E-state index contributed by atoms with van der Waals surface area (Å²) in [7, 11) is 1.93. The summed E-state index contributed by atoms with van der Waals surface area (Å²) >= 11 is 0. The van der Waals surface area contributed by atoms with Crippen molar-refractivity contribution in [2.75, 3.05) is 20.2 Å². The molecule has 1 aromatic heterocycles. The van der Waals surface area contributed by atoms with E-state index in [9.17, 15) is 4.79 Å². The lowest BCUT2D eigenvalue weighted by Gasteiger charge is -2.00. The van der Waals surface area contributed by atoms with E-state index in [0.717, 1.165) is 29.8 Å². The van der Waals surface area contributed by atoms with Gasteiger partial charge in [0.1, 0.15) is 5.69 Å². The number of hydrogen-bond acceptors (Lipinski definition) is 3. The van der Waals surface area contributed by atoms with E-state index < -0.39 is 0 Å². The minimum absolute atomic E-state index is 0.284. The molecule has 2 N–H and O–H groups in total. The first-order valence-corrected chi connectivity index (χ1v) is 6.29. The van der Waals surface area contributed by atoms with Crippen molar-refractivity contribution in [3.63, 3.8) is 0 Å². The van der Waals surface area contributed by atoms with E-state index in [1.807, 2.05) is 27.8 Å². The molecule has 0 unspecified atom stereocenters. The van der Waals surface area contributed by atoms with Gasteiger partial charge >= 0.3 is 5.97 Å². The molecule has 18 heavy (non-hydrogen) atoms. The SMILES string of the molecule is CCOC(=O)c1[nH]c(C)c(C=CCCNC)c1C. The summed E-state index contributed by atoms with van der Waals surface area (Å²) in [6, 6.07) is 0. The first kappa shape index (κ1) is 14.5. The van der Waals surface area contributed by atoms with Gasteiger partial charge in [0.05, 0.1) is 6.61 Å². The molecule has 4 nitrogen and oxygen atoms in total. The molecule has 0 aliphatic heterocycles. The molecule has 1 rings (SSSR count). The third-order valence-corrected chi connectivity index (χ3v) is 2.82. The fourth-order valence-electron chi connectivity index (χ4n) is 1.85. The van der Waals surface area contributed by atoms with Crippen LogP contribution >= 0.6 is 0 Å². The molecule has 1 heterocycles. The van der Waals surface area contributed by atoms with Crippen LogP contribution in [0.25, 0.3) is 6.08 Å². The summed E-state index contributed by atoms with van der Waals surface area (Å²) in [6.45, 7) is 7.05. The Morgan fingerprint density at radius 3 is 2.78 bits per heavy atom. The van der Waals surface area contributed by atoms with Crippen LogP contribution in [0.5, 0.6) is 0 Å². The molecular weight excluding hydrogens is 228 g/mol. The number of hydrogen-bond donors (Lipinski definition) is 2. The lowest BCUT2D eigenvalue weighted by molar-refractivity contribution is 0.0519. The van der Waals surface area contributed by atoms with Crippen molar-refractivity contribution in [3.05, 3.63) is 28.6 Å². The molecule has 0 spiro atoms. The van der Waals surface area contributed by atoms with Crippen molar-refractivity contribution in [1.29, 1.82) is 0 Å². The maximum atomic E-state index is 11.7. The molecule has 0 radical (unpaired) electrons. The molecule has 100 valence electrons. The Kier molecular flexibility index (Phi) is 5.65. The molecule has 0 aliphatic rings. The van der Waals surface area contributed by atoms with Crippen LogP contribution in [-0.4, -0.2) is 31.2 Å². The van der Waals surface area contributed by atoms with E-state index in [1.54, 1.807) is 0 Å². The average molecular weight is 250 g/mol. The second-order valence-electron chi connectivity index (χ2n) is 4.18. The van der Waals surface area contributed by atoms with Crippen LogP contribution in [0.3, 0.4) is 0 Å². The molecule has 0 aliphatic carbocycles. The van der Waals surface area contributed by atoms with E-state index in [1.165, 1.54) is 0 Å². The van der Waals surface area contributed by atoms with Gasteiger partial charge in [-0.05, 0) is 51.9 Å². The van der Waals surface area contributed by atoms with Gasteiger partial charge in [0, 0.05) is 5.69 Å². The Morgan fingerprint density at radius 2 is 2.17 bits per heavy atom. The molecule has 0 fully saturated rings. The Labute approximate surface area is 108 Å². The lowest BCUT2D eigenvalue weighted by Crippen LogP contribution is -2.06. The summed E-state index contributed by atoms with van der Waals surface area (Å²) < 4.78 is 5.02. The maximum Gasteiger partial charge on any atom is 0.355 e. The third kappa shape index (κ3) is 3.47. The van der Waals surface area contributed by atoms with Gasteiger partial charge in [0.2, 0.25) is 0 Å². The van der Waals surface area contributed by atoms with E-state index in [0.29, 0.717) is 12.3 Å². The molecular formula is C14H22N2O2. The van der Waals surface area contributed by atoms with Crippen LogP contribution in [0.15, 0.2) is 6.08 Å². The predicted octanol–water partition coefficient (Wildman–Crippen LogP) is 2.43. The first-order valence-electron chi connectivity index (χ1n) is 6.29. The van der Waals surface area contributed by atoms with Gasteiger partial charge in [-0.15, -0.1) is 0 Å². The highest BCUT2D eigenvalue weighted by atomic mass is 16.5. The molecule has 0 bridgehead atoms. The summed E-state index contributed by atoms with van der Waals surface area (Å²) in [5.41, 5.74) is 3.58. The van der Waals surface area contributed by atoms with Crippen molar-refractivity contribution < 1.29 is 9.53 Å². The number of aromatic nitrogens is 1. The molecule has 1 aromatic rings. The Morgan fingerprint density at radius 1 is 1.44 bits per heavy atom. The summed E-state index contributed by atoms with van der Waals surface area (Å²) in [5.74, 6) is -0.284. The first-order chi connectivity index (χ1) is 8.61. The zero-order chi connectivity index (χ0) is 13.5. The normalized spacial score (nSPS) is 11.1. The largest absolute Gasteiger partial charge is 0.461 e. The van der Waals surface area contributed by atoms with Crippen molar-refractivity contribution >= 4 is 12.0 Å². The zero-order valence-corrected chi connectivity index (χ0v) is 11.6. The van der Waals surface area contributed by atoms with Gasteiger partial charge in [-0.1, -0.05) is 12.2 Å². The maximum absolute atomic E-state index is 11.7. The van der Waals surface area contributed by atoms with Gasteiger partial charge in [-0.3, -0.25) is 0 Å². The zero-order valence-electron chi connectivity index (χ0n) is 11.6. The average Bonchev–Trinajstić information content (AvgIpc) is 2.62. The Balaban J connectivity index is 2.87. The van der Waals surface area contributed by atoms with E-state index in [2.05, 4.69) is 22.5 Å². The van der Waals surface area contributed by atoms with Gasteiger partial charge in [0.25, 0.3) is 0 Å². The Bertz CT molecular complexity index is 433. The van der Waals surface area contributed by atoms with Crippen molar-refractivity contribution in [2.45, 2.75) is 27.2 Å². The number of carbonyl (C=O) groups excluding carboxylic acids is 1. The van der Waals surface area contributed by atoms with E-state index in [-0.39, 0.29) is 5.97 Å². The minimum atomic E-state index is -0.284. The lowest BCUT2D eigenvalue weighted by atomic mass is 10.1. The number of carbonyl (C=O) groups is 1. The highest BCUT2D eigenvalue weighted by Crippen LogP contribution is 2.20. The van der Waals surface area contributed by atoms with Crippen LogP contribution < -0.4 is 5.32 Å². The van der Waals surface area contributed by atoms with Gasteiger partial charge in [0.15, 0.2) is 0 Å². The second kappa shape index (κ2) is 7.01. The molecule has 0 saturated carbocycles. The molecule has 4 heteroatoms. The fourth-order valence-corrected chi connectivity index (χ4v) is 1.85. The predicted molar refractivity (Wildman–Crippen MR) is 73.8 cm³/mol. The van der Waals surface area contributed by atoms with Crippen LogP contribution in [0.1, 0.15) is 40.7 Å². The standard InChI is InChI=1S/C14H22N2O2/c1-5-18-14(17)13-10(2)12(11(3)16-13)8-6-7-9-15-4/h6,8,15-16H,5,7,9H2,1-4H3. The van der Waals surface area contributed by atoms with Crippen molar-refractivity contribution in [1.82, 2.24) is 10.3 Å². The Hall–Kier alpha value is -1.55. The summed E-state index contributed by atoms with van der Waals surface area (Å²) in [6.07, 6.45) is 5.13. The van der Waals surface area contributed by atoms with Gasteiger partial charge in [-0.25, -0.2) is 4.79 Å². The number of nitrogens with one attached hydrogen (secondary N) is 2. The molecule has 0 saturated heterocycles. The minimum Gasteiger partial charge on any atom is -0.461 e. The molecule has 0 aromatic carbocycles. The number of aryl methyl sites for hydroxylation is 1. The number of rotatable bonds is 6. The number of aromatic amines is 1. The summed E-state index contributed by atoms with van der Waals surface area (Å²) in [4.78, 5) is 14.8. The van der Waals surface area contributed by atoms with E-state index in [4.69, 9.17) is 4.74 Å². The van der Waals surface area contributed by atoms with E-state index >= 15 is 0 Å². The number of ether oxygens (including phenoxy) is 1. The molecule has 0 amide bonds. The van der Waals surface area contributed by atoms with Crippen LogP contribution in [0, 0.1) is 13.8 Å². The second-order valence-corrected chi connectivity index (χ2v) is 4.18. The van der Waals surface area contributed by atoms with Gasteiger partial charge < -0.3 is 15.0 Å². The van der Waals surface area contributed by atoms with Crippen LogP contribution in [0.4, 0.5) is 0 Å². The molecule has 0 atom stereocenters. The number of esters is 1. The van der Waals surface area contributed by atoms with Crippen LogP contribution in [-0.2, 0) is 4.74 Å². The van der Waals surface area contributed by atoms with Gasteiger partial charge in [-0.2, -0.15) is 0 Å². The summed E-state index contributed by atoms with van der Waals surface area (Å²) in [5, 5.41) is 3.09. The highest BCUT2D eigenvalue weighted by molar-refractivity contribution is 5.90. The quantitative estimate of drug-likeness (QED) is 0.602. The monoisotopic (exact) mass is 250 g/mol. The van der Waals surface area contributed by atoms with Crippen molar-refractivity contribution in [2.24, 2.45) is 0 Å². The van der Waals surface area contributed by atoms with Crippen LogP contribution in [0.2, 0.25) is 0 Å². The van der Waals surface area contributed by atoms with Crippen molar-refractivity contribution in [3.8, 4) is 0 Å². The number of H-pyrrole nitrogens is 1. The fraction of sp³-hybridized carbons (Fsp3) is 0.500. The third-order valence-electron chi connectivity index (χ3n) is 2.82.